The number of ether oxygens (including phenoxy) is 2. The fourth-order valence-electron chi connectivity index (χ4n) is 3.36. The minimum absolute atomic E-state index is 0.0737. The number of benzene rings is 2. The fourth-order valence-corrected chi connectivity index (χ4v) is 3.77. The van der Waals surface area contributed by atoms with Gasteiger partial charge in [-0.3, -0.25) is 14.5 Å². The highest BCUT2D eigenvalue weighted by molar-refractivity contribution is 7.80. The number of anilines is 2. The van der Waals surface area contributed by atoms with Crippen LogP contribution in [0.15, 0.2) is 48.5 Å². The van der Waals surface area contributed by atoms with Crippen LogP contribution in [0, 0.1) is 5.82 Å². The molecule has 0 bridgehead atoms. The molecule has 164 valence electrons. The number of halogens is 1. The van der Waals surface area contributed by atoms with Crippen LogP contribution in [-0.2, 0) is 14.3 Å². The van der Waals surface area contributed by atoms with Gasteiger partial charge < -0.3 is 19.7 Å². The summed E-state index contributed by atoms with van der Waals surface area (Å²) in [6, 6.07) is 11.7. The third-order valence-corrected chi connectivity index (χ3v) is 5.32. The summed E-state index contributed by atoms with van der Waals surface area (Å²) in [6.07, 6.45) is 0.563. The lowest BCUT2D eigenvalue weighted by Crippen LogP contribution is -2.38. The summed E-state index contributed by atoms with van der Waals surface area (Å²) < 4.78 is 23.5. The minimum atomic E-state index is -0.757. The molecule has 2 aromatic carbocycles. The molecule has 0 radical (unpaired) electrons. The van der Waals surface area contributed by atoms with E-state index in [-0.39, 0.29) is 23.3 Å². The molecule has 1 heterocycles. The molecule has 7 nitrogen and oxygen atoms in total. The molecule has 0 spiro atoms. The molecule has 0 unspecified atom stereocenters. The smallest absolute Gasteiger partial charge is 0.256 e. The lowest BCUT2D eigenvalue weighted by atomic mass is 10.1. The maximum absolute atomic E-state index is 13.3. The van der Waals surface area contributed by atoms with Gasteiger partial charge in [-0.25, -0.2) is 4.39 Å². The van der Waals surface area contributed by atoms with Crippen molar-refractivity contribution in [3.63, 3.8) is 0 Å². The van der Waals surface area contributed by atoms with Crippen molar-refractivity contribution in [2.75, 3.05) is 37.6 Å². The van der Waals surface area contributed by atoms with Crippen molar-refractivity contribution < 1.29 is 23.5 Å². The van der Waals surface area contributed by atoms with E-state index in [0.29, 0.717) is 36.7 Å². The Labute approximate surface area is 185 Å². The molecule has 1 aliphatic rings. The van der Waals surface area contributed by atoms with Crippen LogP contribution < -0.4 is 15.0 Å². The lowest BCUT2D eigenvalue weighted by Gasteiger charge is -2.23. The van der Waals surface area contributed by atoms with E-state index in [9.17, 15) is 14.0 Å². The van der Waals surface area contributed by atoms with Gasteiger partial charge in [-0.1, -0.05) is 0 Å². The highest BCUT2D eigenvalue weighted by atomic mass is 32.1. The molecular formula is C22H24FN3O4S. The first-order valence-electron chi connectivity index (χ1n) is 9.77. The van der Waals surface area contributed by atoms with Crippen LogP contribution in [-0.4, -0.2) is 55.2 Å². The summed E-state index contributed by atoms with van der Waals surface area (Å²) in [5, 5.41) is 3.08. The Balaban J connectivity index is 1.76. The molecule has 1 fully saturated rings. The Morgan fingerprint density at radius 2 is 1.81 bits per heavy atom. The van der Waals surface area contributed by atoms with Crippen molar-refractivity contribution in [1.29, 1.82) is 0 Å². The van der Waals surface area contributed by atoms with E-state index in [1.165, 1.54) is 29.2 Å². The van der Waals surface area contributed by atoms with Crippen molar-refractivity contribution in [2.24, 2.45) is 0 Å². The molecule has 0 aromatic heterocycles. The van der Waals surface area contributed by atoms with E-state index in [1.54, 1.807) is 43.4 Å². The molecule has 1 aliphatic heterocycles. The van der Waals surface area contributed by atoms with Gasteiger partial charge in [0.1, 0.15) is 17.6 Å². The highest BCUT2D eigenvalue weighted by Gasteiger charge is 2.43. The molecular weight excluding hydrogens is 421 g/mol. The molecule has 31 heavy (non-hydrogen) atoms. The van der Waals surface area contributed by atoms with Gasteiger partial charge in [0.05, 0.1) is 19.2 Å². The normalized spacial score (nSPS) is 16.0. The van der Waals surface area contributed by atoms with Gasteiger partial charge in [0.25, 0.3) is 5.91 Å². The summed E-state index contributed by atoms with van der Waals surface area (Å²) in [6.45, 7) is 0.950. The quantitative estimate of drug-likeness (QED) is 0.472. The van der Waals surface area contributed by atoms with Gasteiger partial charge in [0.15, 0.2) is 5.11 Å². The van der Waals surface area contributed by atoms with Gasteiger partial charge >= 0.3 is 0 Å². The van der Waals surface area contributed by atoms with Crippen LogP contribution in [0.2, 0.25) is 0 Å². The average molecular weight is 446 g/mol. The van der Waals surface area contributed by atoms with E-state index >= 15 is 0 Å². The Morgan fingerprint density at radius 3 is 2.42 bits per heavy atom. The Morgan fingerprint density at radius 1 is 1.13 bits per heavy atom. The third-order valence-electron chi connectivity index (χ3n) is 4.90. The van der Waals surface area contributed by atoms with Crippen LogP contribution in [0.4, 0.5) is 15.8 Å². The van der Waals surface area contributed by atoms with Crippen molar-refractivity contribution in [1.82, 2.24) is 4.90 Å². The molecule has 1 N–H and O–H groups in total. The largest absolute Gasteiger partial charge is 0.497 e. The average Bonchev–Trinajstić information content (AvgIpc) is 2.99. The molecule has 9 heteroatoms. The SMILES string of the molecule is COCCCN1C(=S)N(c2ccc(F)cc2)C(=O)[C@H]1CC(=O)Nc1ccc(OC)cc1. The number of amides is 2. The van der Waals surface area contributed by atoms with Gasteiger partial charge in [-0.2, -0.15) is 0 Å². The summed E-state index contributed by atoms with van der Waals surface area (Å²) in [5.41, 5.74) is 1.06. The lowest BCUT2D eigenvalue weighted by molar-refractivity contribution is -0.124. The molecule has 0 saturated carbocycles. The zero-order chi connectivity index (χ0) is 22.4. The molecule has 2 aromatic rings. The van der Waals surface area contributed by atoms with E-state index in [1.807, 2.05) is 0 Å². The van der Waals surface area contributed by atoms with Gasteiger partial charge in [-0.05, 0) is 67.2 Å². The molecule has 2 amide bonds. The number of rotatable bonds is 9. The van der Waals surface area contributed by atoms with Gasteiger partial charge in [-0.15, -0.1) is 0 Å². The number of nitrogens with one attached hydrogen (secondary N) is 1. The first-order chi connectivity index (χ1) is 14.9. The van der Waals surface area contributed by atoms with E-state index in [4.69, 9.17) is 21.7 Å². The predicted octanol–water partition coefficient (Wildman–Crippen LogP) is 3.20. The van der Waals surface area contributed by atoms with Crippen LogP contribution >= 0.6 is 12.2 Å². The van der Waals surface area contributed by atoms with Gasteiger partial charge in [0, 0.05) is 25.9 Å². The summed E-state index contributed by atoms with van der Waals surface area (Å²) in [5.74, 6) is -0.370. The summed E-state index contributed by atoms with van der Waals surface area (Å²) >= 11 is 5.54. The third kappa shape index (κ3) is 5.36. The Hall–Kier alpha value is -3.04. The number of methoxy groups -OCH3 is 2. The number of hydrogen-bond acceptors (Lipinski definition) is 5. The standard InChI is InChI=1S/C22H24FN3O4S/c1-29-13-3-12-25-19(14-20(27)24-16-6-10-18(30-2)11-7-16)21(28)26(22(25)31)17-8-4-15(23)5-9-17/h4-11,19H,3,12-14H2,1-2H3,(H,24,27)/t19-/m1/s1. The first kappa shape index (κ1) is 22.6. The van der Waals surface area contributed by atoms with Crippen molar-refractivity contribution >= 4 is 40.5 Å². The highest BCUT2D eigenvalue weighted by Crippen LogP contribution is 2.28. The number of carbonyl (C=O) groups excluding carboxylic acids is 2. The van der Waals surface area contributed by atoms with E-state index in [0.717, 1.165) is 0 Å². The van der Waals surface area contributed by atoms with Crippen molar-refractivity contribution in [3.05, 3.63) is 54.3 Å². The Bertz CT molecular complexity index is 937. The molecule has 1 atom stereocenters. The molecule has 1 saturated heterocycles. The predicted molar refractivity (Wildman–Crippen MR) is 120 cm³/mol. The second kappa shape index (κ2) is 10.3. The second-order valence-corrected chi connectivity index (χ2v) is 7.33. The fraction of sp³-hybridized carbons (Fsp3) is 0.318. The van der Waals surface area contributed by atoms with Crippen LogP contribution in [0.1, 0.15) is 12.8 Å². The van der Waals surface area contributed by atoms with Crippen LogP contribution in [0.3, 0.4) is 0 Å². The monoisotopic (exact) mass is 445 g/mol. The number of nitrogens with zero attached hydrogens (tertiary/aromatic N) is 2. The zero-order valence-electron chi connectivity index (χ0n) is 17.3. The van der Waals surface area contributed by atoms with E-state index in [2.05, 4.69) is 5.32 Å². The second-order valence-electron chi connectivity index (χ2n) is 6.97. The van der Waals surface area contributed by atoms with Crippen LogP contribution in [0.5, 0.6) is 5.75 Å². The van der Waals surface area contributed by atoms with Gasteiger partial charge in [0.2, 0.25) is 5.91 Å². The summed E-state index contributed by atoms with van der Waals surface area (Å²) in [4.78, 5) is 29.0. The topological polar surface area (TPSA) is 71.1 Å². The van der Waals surface area contributed by atoms with Crippen LogP contribution in [0.25, 0.3) is 0 Å². The first-order valence-corrected chi connectivity index (χ1v) is 10.2. The molecule has 3 rings (SSSR count). The minimum Gasteiger partial charge on any atom is -0.497 e. The maximum atomic E-state index is 13.3. The van der Waals surface area contributed by atoms with Crippen molar-refractivity contribution in [3.8, 4) is 5.75 Å². The number of thiocarbonyl (C=S) groups is 1. The summed E-state index contributed by atoms with van der Waals surface area (Å²) in [7, 11) is 3.16. The maximum Gasteiger partial charge on any atom is 0.256 e. The molecule has 0 aliphatic carbocycles. The number of carbonyl (C=O) groups is 2. The van der Waals surface area contributed by atoms with E-state index < -0.39 is 11.9 Å². The zero-order valence-corrected chi connectivity index (χ0v) is 18.2. The number of hydrogen-bond donors (Lipinski definition) is 1. The Kier molecular flexibility index (Phi) is 7.54. The van der Waals surface area contributed by atoms with Crippen molar-refractivity contribution in [2.45, 2.75) is 18.9 Å².